The summed E-state index contributed by atoms with van der Waals surface area (Å²) in [5.41, 5.74) is -0.559. The summed E-state index contributed by atoms with van der Waals surface area (Å²) in [5, 5.41) is 9.39. The van der Waals surface area contributed by atoms with Crippen molar-refractivity contribution in [1.82, 2.24) is 0 Å². The molecule has 0 fully saturated rings. The second-order valence-corrected chi connectivity index (χ2v) is 6.94. The summed E-state index contributed by atoms with van der Waals surface area (Å²) in [7, 11) is -1.34. The quantitative estimate of drug-likeness (QED) is 0.623. The zero-order valence-corrected chi connectivity index (χ0v) is 15.4. The maximum atomic E-state index is 13.0. The van der Waals surface area contributed by atoms with Gasteiger partial charge in [-0.1, -0.05) is 0 Å². The van der Waals surface area contributed by atoms with E-state index < -0.39 is 21.8 Å². The van der Waals surface area contributed by atoms with Crippen molar-refractivity contribution in [2.75, 3.05) is 32.2 Å². The van der Waals surface area contributed by atoms with E-state index in [1.807, 2.05) is 0 Å². The van der Waals surface area contributed by atoms with E-state index in [9.17, 15) is 22.7 Å². The van der Waals surface area contributed by atoms with Gasteiger partial charge in [-0.15, -0.1) is 0 Å². The van der Waals surface area contributed by atoms with E-state index in [1.54, 1.807) is 0 Å². The van der Waals surface area contributed by atoms with Crippen molar-refractivity contribution < 1.29 is 36.9 Å². The number of anilines is 1. The minimum Gasteiger partial charge on any atom is -0.493 e. The fourth-order valence-electron chi connectivity index (χ4n) is 2.15. The molecule has 0 aromatic heterocycles. The zero-order chi connectivity index (χ0) is 20.0. The van der Waals surface area contributed by atoms with E-state index in [4.69, 9.17) is 14.2 Å². The van der Waals surface area contributed by atoms with Crippen LogP contribution in [0.4, 0.5) is 10.1 Å². The van der Waals surface area contributed by atoms with Crippen molar-refractivity contribution in [3.63, 3.8) is 0 Å². The SMILES string of the molecule is COCCOc1cc(NS(=O)(=O)c2ccc(F)cc2)c(C(=O)O)cc1OC. The Hall–Kier alpha value is -2.85. The van der Waals surface area contributed by atoms with Crippen LogP contribution in [0.1, 0.15) is 10.4 Å². The second kappa shape index (κ2) is 8.69. The van der Waals surface area contributed by atoms with Gasteiger partial charge in [0.25, 0.3) is 10.0 Å². The first-order valence-electron chi connectivity index (χ1n) is 7.64. The molecule has 0 radical (unpaired) electrons. The van der Waals surface area contributed by atoms with Crippen molar-refractivity contribution in [2.24, 2.45) is 0 Å². The molecule has 0 saturated carbocycles. The predicted molar refractivity (Wildman–Crippen MR) is 94.5 cm³/mol. The van der Waals surface area contributed by atoms with Crippen molar-refractivity contribution in [3.05, 3.63) is 47.8 Å². The molecule has 8 nitrogen and oxygen atoms in total. The maximum absolute atomic E-state index is 13.0. The second-order valence-electron chi connectivity index (χ2n) is 5.25. The molecule has 27 heavy (non-hydrogen) atoms. The van der Waals surface area contributed by atoms with Gasteiger partial charge >= 0.3 is 5.97 Å². The molecule has 0 aliphatic carbocycles. The molecular formula is C17H18FNO7S. The van der Waals surface area contributed by atoms with E-state index in [2.05, 4.69) is 4.72 Å². The van der Waals surface area contributed by atoms with E-state index in [1.165, 1.54) is 20.3 Å². The van der Waals surface area contributed by atoms with E-state index in [-0.39, 0.29) is 40.9 Å². The number of carbonyl (C=O) groups is 1. The fourth-order valence-corrected chi connectivity index (χ4v) is 3.22. The Bertz CT molecular complexity index is 914. The largest absolute Gasteiger partial charge is 0.493 e. The van der Waals surface area contributed by atoms with Crippen LogP contribution in [0.15, 0.2) is 41.3 Å². The molecule has 0 atom stereocenters. The number of hydrogen-bond acceptors (Lipinski definition) is 6. The summed E-state index contributed by atoms with van der Waals surface area (Å²) >= 11 is 0. The number of nitrogens with one attached hydrogen (secondary N) is 1. The van der Waals surface area contributed by atoms with Crippen molar-refractivity contribution >= 4 is 21.7 Å². The number of benzene rings is 2. The minimum atomic E-state index is -4.15. The fraction of sp³-hybridized carbons (Fsp3) is 0.235. The highest BCUT2D eigenvalue weighted by atomic mass is 32.2. The molecule has 2 aromatic carbocycles. The highest BCUT2D eigenvalue weighted by molar-refractivity contribution is 7.92. The van der Waals surface area contributed by atoms with E-state index >= 15 is 0 Å². The molecule has 0 spiro atoms. The highest BCUT2D eigenvalue weighted by Crippen LogP contribution is 2.34. The molecule has 0 aliphatic rings. The molecule has 0 bridgehead atoms. The Labute approximate surface area is 155 Å². The molecule has 0 heterocycles. The molecule has 0 unspecified atom stereocenters. The number of halogens is 1. The maximum Gasteiger partial charge on any atom is 0.337 e. The lowest BCUT2D eigenvalue weighted by atomic mass is 10.1. The van der Waals surface area contributed by atoms with Crippen LogP contribution in [0.25, 0.3) is 0 Å². The Balaban J connectivity index is 2.44. The van der Waals surface area contributed by atoms with Crippen LogP contribution >= 0.6 is 0 Å². The molecule has 2 N–H and O–H groups in total. The van der Waals surface area contributed by atoms with Gasteiger partial charge in [0, 0.05) is 19.2 Å². The van der Waals surface area contributed by atoms with Crippen LogP contribution < -0.4 is 14.2 Å². The van der Waals surface area contributed by atoms with Gasteiger partial charge in [0.05, 0.1) is 29.9 Å². The summed E-state index contributed by atoms with van der Waals surface area (Å²) in [6, 6.07) is 6.46. The molecule has 146 valence electrons. The Morgan fingerprint density at radius 2 is 1.78 bits per heavy atom. The molecule has 2 rings (SSSR count). The number of carboxylic acids is 1. The summed E-state index contributed by atoms with van der Waals surface area (Å²) in [5.74, 6) is -1.71. The molecule has 0 aliphatic heterocycles. The highest BCUT2D eigenvalue weighted by Gasteiger charge is 2.22. The van der Waals surface area contributed by atoms with Gasteiger partial charge in [-0.2, -0.15) is 0 Å². The van der Waals surface area contributed by atoms with E-state index in [0.717, 1.165) is 30.3 Å². The summed E-state index contributed by atoms with van der Waals surface area (Å²) in [6.45, 7) is 0.407. The zero-order valence-electron chi connectivity index (χ0n) is 14.6. The monoisotopic (exact) mass is 399 g/mol. The van der Waals surface area contributed by atoms with Gasteiger partial charge < -0.3 is 19.3 Å². The third kappa shape index (κ3) is 5.08. The van der Waals surface area contributed by atoms with Crippen molar-refractivity contribution in [3.8, 4) is 11.5 Å². The molecule has 10 heteroatoms. The van der Waals surface area contributed by atoms with Gasteiger partial charge in [0.15, 0.2) is 11.5 Å². The van der Waals surface area contributed by atoms with Gasteiger partial charge in [-0.25, -0.2) is 17.6 Å². The van der Waals surface area contributed by atoms with Crippen LogP contribution in [0, 0.1) is 5.82 Å². The Morgan fingerprint density at radius 1 is 1.11 bits per heavy atom. The topological polar surface area (TPSA) is 111 Å². The molecule has 0 saturated heterocycles. The number of sulfonamides is 1. The Kier molecular flexibility index (Phi) is 6.59. The van der Waals surface area contributed by atoms with Crippen LogP contribution in [0.2, 0.25) is 0 Å². The van der Waals surface area contributed by atoms with Gasteiger partial charge in [0.1, 0.15) is 12.4 Å². The lowest BCUT2D eigenvalue weighted by Crippen LogP contribution is -2.16. The third-order valence-corrected chi connectivity index (χ3v) is 4.83. The van der Waals surface area contributed by atoms with Gasteiger partial charge in [-0.3, -0.25) is 4.72 Å². The lowest BCUT2D eigenvalue weighted by molar-refractivity contribution is 0.0697. The number of methoxy groups -OCH3 is 2. The number of aromatic carboxylic acids is 1. The summed E-state index contributed by atoms with van der Waals surface area (Å²) < 4.78 is 55.6. The van der Waals surface area contributed by atoms with Crippen molar-refractivity contribution in [2.45, 2.75) is 4.90 Å². The minimum absolute atomic E-state index is 0.119. The summed E-state index contributed by atoms with van der Waals surface area (Å²) in [6.07, 6.45) is 0. The van der Waals surface area contributed by atoms with Crippen LogP contribution in [-0.4, -0.2) is 46.9 Å². The average molecular weight is 399 g/mol. The molecule has 2 aromatic rings. The van der Waals surface area contributed by atoms with Crippen LogP contribution in [0.3, 0.4) is 0 Å². The van der Waals surface area contributed by atoms with Gasteiger partial charge in [-0.05, 0) is 24.3 Å². The van der Waals surface area contributed by atoms with Crippen LogP contribution in [0.5, 0.6) is 11.5 Å². The standard InChI is InChI=1S/C17H18FNO7S/c1-24-7-8-26-16-10-14(13(17(20)21)9-15(16)25-2)19-27(22,23)12-5-3-11(18)4-6-12/h3-6,9-10,19H,7-8H2,1-2H3,(H,20,21). The first-order valence-corrected chi connectivity index (χ1v) is 9.12. The third-order valence-electron chi connectivity index (χ3n) is 3.45. The lowest BCUT2D eigenvalue weighted by Gasteiger charge is -2.16. The summed E-state index contributed by atoms with van der Waals surface area (Å²) in [4.78, 5) is 11.3. The predicted octanol–water partition coefficient (Wildman–Crippen LogP) is 2.36. The average Bonchev–Trinajstić information content (AvgIpc) is 2.62. The van der Waals surface area contributed by atoms with Crippen LogP contribution in [-0.2, 0) is 14.8 Å². The molecular weight excluding hydrogens is 381 g/mol. The van der Waals surface area contributed by atoms with Gasteiger partial charge in [0.2, 0.25) is 0 Å². The van der Waals surface area contributed by atoms with E-state index in [0.29, 0.717) is 0 Å². The Morgan fingerprint density at radius 3 is 2.33 bits per heavy atom. The smallest absolute Gasteiger partial charge is 0.337 e. The van der Waals surface area contributed by atoms with Crippen molar-refractivity contribution in [1.29, 1.82) is 0 Å². The number of ether oxygens (including phenoxy) is 3. The number of carboxylic acid groups (broad SMARTS) is 1. The first-order chi connectivity index (χ1) is 12.8. The number of hydrogen-bond donors (Lipinski definition) is 2. The number of rotatable bonds is 9. The molecule has 0 amide bonds. The normalized spacial score (nSPS) is 11.1. The first kappa shape index (κ1) is 20.5.